The van der Waals surface area contributed by atoms with Crippen molar-refractivity contribution >= 4 is 11.8 Å². The van der Waals surface area contributed by atoms with E-state index in [9.17, 15) is 0 Å². The second kappa shape index (κ2) is 6.57. The lowest BCUT2D eigenvalue weighted by molar-refractivity contribution is 0.658. The maximum atomic E-state index is 4.04. The van der Waals surface area contributed by atoms with Crippen molar-refractivity contribution in [3.8, 4) is 0 Å². The molecule has 0 aliphatic rings. The lowest BCUT2D eigenvalue weighted by Gasteiger charge is -2.18. The molecule has 0 aliphatic heterocycles. The molecule has 2 aromatic rings. The number of nitrogens with zero attached hydrogens (tertiary/aromatic N) is 1. The van der Waals surface area contributed by atoms with E-state index in [1.54, 1.807) is 0 Å². The molecule has 0 radical (unpaired) electrons. The van der Waals surface area contributed by atoms with Crippen LogP contribution in [-0.4, -0.2) is 17.8 Å². The minimum absolute atomic E-state index is 0.379. The van der Waals surface area contributed by atoms with Gasteiger partial charge in [-0.25, -0.2) is 0 Å². The maximum Gasteiger partial charge on any atom is 0.0415 e. The molecule has 0 fully saturated rings. The van der Waals surface area contributed by atoms with Crippen molar-refractivity contribution in [2.24, 2.45) is 0 Å². The van der Waals surface area contributed by atoms with Gasteiger partial charge in [-0.1, -0.05) is 24.3 Å². The quantitative estimate of drug-likeness (QED) is 0.832. The van der Waals surface area contributed by atoms with Crippen LogP contribution in [0.1, 0.15) is 17.2 Å². The zero-order valence-corrected chi connectivity index (χ0v) is 11.6. The molecule has 18 heavy (non-hydrogen) atoms. The van der Waals surface area contributed by atoms with E-state index in [-0.39, 0.29) is 0 Å². The highest BCUT2D eigenvalue weighted by molar-refractivity contribution is 7.99. The number of nitrogens with one attached hydrogen (secondary N) is 1. The normalized spacial score (nSPS) is 12.3. The van der Waals surface area contributed by atoms with Gasteiger partial charge in [-0.3, -0.25) is 4.98 Å². The van der Waals surface area contributed by atoms with E-state index in [0.717, 1.165) is 5.75 Å². The number of aryl methyl sites for hydroxylation is 1. The Balaban J connectivity index is 2.04. The monoisotopic (exact) mass is 258 g/mol. The minimum atomic E-state index is 0.379. The van der Waals surface area contributed by atoms with Crippen LogP contribution in [0.2, 0.25) is 0 Å². The summed E-state index contributed by atoms with van der Waals surface area (Å²) in [6, 6.07) is 13.0. The number of hydrogen-bond donors (Lipinski definition) is 1. The molecule has 1 atom stereocenters. The van der Waals surface area contributed by atoms with Gasteiger partial charge < -0.3 is 5.32 Å². The molecule has 0 saturated heterocycles. The third-order valence-electron chi connectivity index (χ3n) is 2.98. The first-order chi connectivity index (χ1) is 8.81. The van der Waals surface area contributed by atoms with Crippen molar-refractivity contribution in [2.75, 3.05) is 12.8 Å². The van der Waals surface area contributed by atoms with Gasteiger partial charge in [0, 0.05) is 29.1 Å². The molecule has 0 aliphatic carbocycles. The van der Waals surface area contributed by atoms with Crippen LogP contribution in [-0.2, 0) is 0 Å². The summed E-state index contributed by atoms with van der Waals surface area (Å²) in [6.45, 7) is 2.16. The highest BCUT2D eigenvalue weighted by Gasteiger charge is 2.11. The van der Waals surface area contributed by atoms with Crippen LogP contribution < -0.4 is 5.32 Å². The summed E-state index contributed by atoms with van der Waals surface area (Å²) < 4.78 is 0. The number of benzene rings is 1. The molecular weight excluding hydrogens is 240 g/mol. The Morgan fingerprint density at radius 1 is 1.17 bits per heavy atom. The Bertz CT molecular complexity index is 485. The lowest BCUT2D eigenvalue weighted by atomic mass is 10.0. The Kier molecular flexibility index (Phi) is 4.79. The average molecular weight is 258 g/mol. The molecule has 2 rings (SSSR count). The Hall–Kier alpha value is -1.32. The van der Waals surface area contributed by atoms with Gasteiger partial charge in [0.2, 0.25) is 0 Å². The Morgan fingerprint density at radius 3 is 2.56 bits per heavy atom. The van der Waals surface area contributed by atoms with Crippen molar-refractivity contribution in [2.45, 2.75) is 17.9 Å². The van der Waals surface area contributed by atoms with Crippen molar-refractivity contribution in [3.63, 3.8) is 0 Å². The summed E-state index contributed by atoms with van der Waals surface area (Å²) >= 11 is 1.85. The Morgan fingerprint density at radius 2 is 1.89 bits per heavy atom. The fourth-order valence-corrected chi connectivity index (χ4v) is 2.94. The van der Waals surface area contributed by atoms with Crippen LogP contribution in [0.5, 0.6) is 0 Å². The standard InChI is InChI=1S/C15H18N2S/c1-12-5-3-4-6-14(12)15(16-2)11-18-13-7-9-17-10-8-13/h3-10,15-16H,11H2,1-2H3. The maximum absolute atomic E-state index is 4.04. The first-order valence-corrected chi connectivity index (χ1v) is 7.05. The van der Waals surface area contributed by atoms with Gasteiger partial charge in [0.1, 0.15) is 0 Å². The summed E-state index contributed by atoms with van der Waals surface area (Å²) in [6.07, 6.45) is 3.68. The molecule has 0 spiro atoms. The summed E-state index contributed by atoms with van der Waals surface area (Å²) in [5.41, 5.74) is 2.72. The van der Waals surface area contributed by atoms with Gasteiger partial charge >= 0.3 is 0 Å². The topological polar surface area (TPSA) is 24.9 Å². The molecule has 1 aromatic carbocycles. The van der Waals surface area contributed by atoms with Crippen molar-refractivity contribution in [1.82, 2.24) is 10.3 Å². The smallest absolute Gasteiger partial charge is 0.0415 e. The Labute approximate surface area is 113 Å². The van der Waals surface area contributed by atoms with E-state index < -0.39 is 0 Å². The second-order valence-corrected chi connectivity index (χ2v) is 5.29. The number of aromatic nitrogens is 1. The van der Waals surface area contributed by atoms with E-state index in [2.05, 4.69) is 53.6 Å². The van der Waals surface area contributed by atoms with Gasteiger partial charge in [-0.15, -0.1) is 11.8 Å². The summed E-state index contributed by atoms with van der Waals surface area (Å²) in [5, 5.41) is 3.39. The molecule has 0 saturated carbocycles. The number of rotatable bonds is 5. The van der Waals surface area contributed by atoms with E-state index in [1.807, 2.05) is 31.2 Å². The fraction of sp³-hybridized carbons (Fsp3) is 0.267. The highest BCUT2D eigenvalue weighted by Crippen LogP contribution is 2.25. The molecule has 0 bridgehead atoms. The first kappa shape index (κ1) is 13.1. The van der Waals surface area contributed by atoms with Gasteiger partial charge in [0.15, 0.2) is 0 Å². The first-order valence-electron chi connectivity index (χ1n) is 6.07. The van der Waals surface area contributed by atoms with Crippen molar-refractivity contribution in [1.29, 1.82) is 0 Å². The highest BCUT2D eigenvalue weighted by atomic mass is 32.2. The van der Waals surface area contributed by atoms with E-state index >= 15 is 0 Å². The van der Waals surface area contributed by atoms with E-state index in [4.69, 9.17) is 0 Å². The fourth-order valence-electron chi connectivity index (χ4n) is 1.92. The van der Waals surface area contributed by atoms with Gasteiger partial charge in [0.25, 0.3) is 0 Å². The predicted octanol–water partition coefficient (Wildman–Crippen LogP) is 3.44. The number of hydrogen-bond acceptors (Lipinski definition) is 3. The van der Waals surface area contributed by atoms with Gasteiger partial charge in [0.05, 0.1) is 0 Å². The third kappa shape index (κ3) is 3.34. The van der Waals surface area contributed by atoms with Crippen LogP contribution in [0, 0.1) is 6.92 Å². The van der Waals surface area contributed by atoms with Gasteiger partial charge in [-0.2, -0.15) is 0 Å². The minimum Gasteiger partial charge on any atom is -0.312 e. The molecule has 0 amide bonds. The van der Waals surface area contributed by atoms with Crippen molar-refractivity contribution < 1.29 is 0 Å². The number of thioether (sulfide) groups is 1. The molecule has 1 unspecified atom stereocenters. The van der Waals surface area contributed by atoms with E-state index in [1.165, 1.54) is 16.0 Å². The molecule has 1 aromatic heterocycles. The molecule has 1 heterocycles. The average Bonchev–Trinajstić information content (AvgIpc) is 2.42. The zero-order valence-electron chi connectivity index (χ0n) is 10.8. The predicted molar refractivity (Wildman–Crippen MR) is 77.9 cm³/mol. The number of pyridine rings is 1. The molecule has 3 heteroatoms. The molecular formula is C15H18N2S. The summed E-state index contributed by atoms with van der Waals surface area (Å²) in [4.78, 5) is 5.30. The van der Waals surface area contributed by atoms with Crippen LogP contribution in [0.3, 0.4) is 0 Å². The summed E-state index contributed by atoms with van der Waals surface area (Å²) in [5.74, 6) is 1.02. The van der Waals surface area contributed by atoms with Crippen LogP contribution in [0.25, 0.3) is 0 Å². The molecule has 94 valence electrons. The third-order valence-corrected chi connectivity index (χ3v) is 4.08. The largest absolute Gasteiger partial charge is 0.312 e. The van der Waals surface area contributed by atoms with Crippen LogP contribution >= 0.6 is 11.8 Å². The molecule has 2 nitrogen and oxygen atoms in total. The second-order valence-electron chi connectivity index (χ2n) is 4.19. The molecule has 1 N–H and O–H groups in total. The SMILES string of the molecule is CNC(CSc1ccncc1)c1ccccc1C. The van der Waals surface area contributed by atoms with Gasteiger partial charge in [-0.05, 0) is 37.2 Å². The lowest BCUT2D eigenvalue weighted by Crippen LogP contribution is -2.19. The van der Waals surface area contributed by atoms with Crippen LogP contribution in [0.4, 0.5) is 0 Å². The van der Waals surface area contributed by atoms with Crippen LogP contribution in [0.15, 0.2) is 53.7 Å². The zero-order chi connectivity index (χ0) is 12.8. The van der Waals surface area contributed by atoms with Crippen molar-refractivity contribution in [3.05, 3.63) is 59.9 Å². The summed E-state index contributed by atoms with van der Waals surface area (Å²) in [7, 11) is 2.02. The van der Waals surface area contributed by atoms with E-state index in [0.29, 0.717) is 6.04 Å².